The number of hydrogen-bond donors (Lipinski definition) is 1. The van der Waals surface area contributed by atoms with Crippen LogP contribution in [-0.2, 0) is 6.42 Å². The van der Waals surface area contributed by atoms with E-state index >= 15 is 0 Å². The number of furan rings is 1. The quantitative estimate of drug-likeness (QED) is 0.104. The lowest BCUT2D eigenvalue weighted by molar-refractivity contribution is 0.104. The maximum atomic E-state index is 12.9. The smallest absolute Gasteiger partial charge is 0.205 e. The number of phenols is 1. The molecule has 9 nitrogen and oxygen atoms in total. The van der Waals surface area contributed by atoms with Gasteiger partial charge in [0.15, 0.2) is 28.6 Å². The SMILES string of the molecule is COc1ccc(CCN(C)CCCOc2c(C=CC(=O)c3ccc(O)cc3)c(OC)c3ccoc3c2OC)cc1OC. The number of nitrogens with zero attached hydrogens (tertiary/aromatic N) is 1. The van der Waals surface area contributed by atoms with Crippen LogP contribution >= 0.6 is 0 Å². The summed E-state index contributed by atoms with van der Waals surface area (Å²) in [6.07, 6.45) is 6.28. The number of fused-ring (bicyclic) bond motifs is 1. The summed E-state index contributed by atoms with van der Waals surface area (Å²) in [6.45, 7) is 2.07. The van der Waals surface area contributed by atoms with E-state index in [4.69, 9.17) is 28.1 Å². The number of aromatic hydroxyl groups is 1. The Hall–Kier alpha value is -4.63. The Balaban J connectivity index is 1.46. The third kappa shape index (κ3) is 6.98. The van der Waals surface area contributed by atoms with E-state index in [9.17, 15) is 9.90 Å². The van der Waals surface area contributed by atoms with Gasteiger partial charge in [-0.15, -0.1) is 0 Å². The van der Waals surface area contributed by atoms with Crippen LogP contribution in [0.4, 0.5) is 0 Å². The number of likely N-dealkylation sites (N-methyl/N-ethyl adjacent to an activating group) is 1. The molecule has 4 rings (SSSR count). The molecule has 0 aliphatic heterocycles. The lowest BCUT2D eigenvalue weighted by Crippen LogP contribution is -2.23. The monoisotopic (exact) mass is 575 g/mol. The molecular formula is C33H37NO8. The van der Waals surface area contributed by atoms with Gasteiger partial charge in [-0.3, -0.25) is 4.79 Å². The van der Waals surface area contributed by atoms with Crippen molar-refractivity contribution < 1.29 is 38.0 Å². The highest BCUT2D eigenvalue weighted by Gasteiger charge is 2.23. The van der Waals surface area contributed by atoms with E-state index in [1.807, 2.05) is 18.2 Å². The van der Waals surface area contributed by atoms with Crippen molar-refractivity contribution in [1.29, 1.82) is 0 Å². The number of hydrogen-bond acceptors (Lipinski definition) is 9. The number of benzene rings is 3. The van der Waals surface area contributed by atoms with Crippen LogP contribution in [0.5, 0.6) is 34.5 Å². The standard InChI is InChI=1S/C33H37NO8/c1-34(18-15-22-7-14-28(37-2)29(21-22)38-3)17-6-19-41-31-25(12-13-27(36)23-8-10-24(35)11-9-23)30(39-4)26-16-20-42-32(26)33(31)40-5/h7-14,16,20-21,35H,6,15,17-19H2,1-5H3. The normalized spacial score (nSPS) is 11.3. The summed E-state index contributed by atoms with van der Waals surface area (Å²) in [5.41, 5.74) is 2.67. The third-order valence-electron chi connectivity index (χ3n) is 6.93. The zero-order chi connectivity index (χ0) is 30.1. The van der Waals surface area contributed by atoms with Gasteiger partial charge in [0.05, 0.1) is 52.3 Å². The average Bonchev–Trinajstić information content (AvgIpc) is 3.50. The molecule has 0 bridgehead atoms. The van der Waals surface area contributed by atoms with Gasteiger partial charge in [0, 0.05) is 18.7 Å². The van der Waals surface area contributed by atoms with Gasteiger partial charge in [-0.25, -0.2) is 0 Å². The molecule has 222 valence electrons. The van der Waals surface area contributed by atoms with Crippen molar-refractivity contribution in [3.63, 3.8) is 0 Å². The predicted molar refractivity (Wildman–Crippen MR) is 162 cm³/mol. The van der Waals surface area contributed by atoms with E-state index in [1.54, 1.807) is 59.0 Å². The first kappa shape index (κ1) is 30.3. The predicted octanol–water partition coefficient (Wildman–Crippen LogP) is 6.01. The van der Waals surface area contributed by atoms with Crippen molar-refractivity contribution in [2.24, 2.45) is 0 Å². The van der Waals surface area contributed by atoms with Gasteiger partial charge in [-0.05, 0) is 80.1 Å². The first-order valence-electron chi connectivity index (χ1n) is 13.6. The van der Waals surface area contributed by atoms with Crippen molar-refractivity contribution in [3.05, 3.63) is 77.6 Å². The van der Waals surface area contributed by atoms with E-state index in [1.165, 1.54) is 18.2 Å². The summed E-state index contributed by atoms with van der Waals surface area (Å²) in [5.74, 6) is 2.66. The zero-order valence-corrected chi connectivity index (χ0v) is 24.6. The molecule has 0 spiro atoms. The maximum absolute atomic E-state index is 12.9. The van der Waals surface area contributed by atoms with Crippen molar-refractivity contribution in [2.45, 2.75) is 12.8 Å². The van der Waals surface area contributed by atoms with Gasteiger partial charge < -0.3 is 38.1 Å². The van der Waals surface area contributed by atoms with E-state index in [-0.39, 0.29) is 11.5 Å². The summed E-state index contributed by atoms with van der Waals surface area (Å²) in [5, 5.41) is 10.3. The summed E-state index contributed by atoms with van der Waals surface area (Å²) < 4.78 is 34.2. The third-order valence-corrected chi connectivity index (χ3v) is 6.93. The van der Waals surface area contributed by atoms with Gasteiger partial charge in [-0.1, -0.05) is 6.07 Å². The minimum Gasteiger partial charge on any atom is -0.508 e. The topological polar surface area (TPSA) is 99.8 Å². The van der Waals surface area contributed by atoms with Crippen LogP contribution in [0.2, 0.25) is 0 Å². The summed E-state index contributed by atoms with van der Waals surface area (Å²) in [4.78, 5) is 15.1. The maximum Gasteiger partial charge on any atom is 0.205 e. The Morgan fingerprint density at radius 2 is 1.62 bits per heavy atom. The highest BCUT2D eigenvalue weighted by atomic mass is 16.5. The lowest BCUT2D eigenvalue weighted by atomic mass is 10.0. The second kappa shape index (κ2) is 14.3. The summed E-state index contributed by atoms with van der Waals surface area (Å²) in [7, 11) is 8.44. The molecular weight excluding hydrogens is 538 g/mol. The molecule has 0 saturated carbocycles. The molecule has 0 atom stereocenters. The molecule has 4 aromatic rings. The summed E-state index contributed by atoms with van der Waals surface area (Å²) >= 11 is 0. The summed E-state index contributed by atoms with van der Waals surface area (Å²) in [6, 6.07) is 13.8. The van der Waals surface area contributed by atoms with E-state index in [0.29, 0.717) is 51.7 Å². The van der Waals surface area contributed by atoms with Gasteiger partial charge in [0.1, 0.15) is 11.5 Å². The molecule has 0 fully saturated rings. The van der Waals surface area contributed by atoms with E-state index in [0.717, 1.165) is 37.2 Å². The number of allylic oxidation sites excluding steroid dienone is 1. The van der Waals surface area contributed by atoms with Gasteiger partial charge >= 0.3 is 0 Å². The molecule has 0 saturated heterocycles. The van der Waals surface area contributed by atoms with Crippen LogP contribution in [0.15, 0.2) is 65.3 Å². The van der Waals surface area contributed by atoms with Crippen LogP contribution in [0.25, 0.3) is 17.0 Å². The molecule has 0 radical (unpaired) electrons. The van der Waals surface area contributed by atoms with Gasteiger partial charge in [0.25, 0.3) is 0 Å². The Bertz CT molecular complexity index is 1520. The van der Waals surface area contributed by atoms with Crippen LogP contribution < -0.4 is 23.7 Å². The largest absolute Gasteiger partial charge is 0.508 e. The number of methoxy groups -OCH3 is 4. The number of ether oxygens (including phenoxy) is 5. The fourth-order valence-corrected chi connectivity index (χ4v) is 4.70. The van der Waals surface area contributed by atoms with E-state index < -0.39 is 0 Å². The fourth-order valence-electron chi connectivity index (χ4n) is 4.70. The first-order chi connectivity index (χ1) is 20.4. The Kier molecular flexibility index (Phi) is 10.3. The highest BCUT2D eigenvalue weighted by Crippen LogP contribution is 2.47. The van der Waals surface area contributed by atoms with Gasteiger partial charge in [0.2, 0.25) is 5.75 Å². The van der Waals surface area contributed by atoms with Crippen LogP contribution in [0.3, 0.4) is 0 Å². The lowest BCUT2D eigenvalue weighted by Gasteiger charge is -2.19. The minimum absolute atomic E-state index is 0.0923. The highest BCUT2D eigenvalue weighted by molar-refractivity contribution is 6.08. The zero-order valence-electron chi connectivity index (χ0n) is 24.6. The molecule has 42 heavy (non-hydrogen) atoms. The molecule has 0 aliphatic carbocycles. The molecule has 1 N–H and O–H groups in total. The fraction of sp³-hybridized carbons (Fsp3) is 0.303. The van der Waals surface area contributed by atoms with Gasteiger partial charge in [-0.2, -0.15) is 0 Å². The Morgan fingerprint density at radius 3 is 2.31 bits per heavy atom. The second-order valence-corrected chi connectivity index (χ2v) is 9.66. The number of ketones is 1. The van der Waals surface area contributed by atoms with Crippen molar-refractivity contribution in [2.75, 3.05) is 55.2 Å². The second-order valence-electron chi connectivity index (χ2n) is 9.66. The number of rotatable bonds is 15. The average molecular weight is 576 g/mol. The van der Waals surface area contributed by atoms with Crippen LogP contribution in [-0.4, -0.2) is 71.0 Å². The molecule has 0 aliphatic rings. The Labute approximate surface area is 245 Å². The van der Waals surface area contributed by atoms with E-state index in [2.05, 4.69) is 11.9 Å². The first-order valence-corrected chi connectivity index (χ1v) is 13.6. The number of phenolic OH excluding ortho intramolecular Hbond substituents is 1. The minimum atomic E-state index is -0.231. The molecule has 9 heteroatoms. The molecule has 1 aromatic heterocycles. The van der Waals surface area contributed by atoms with Crippen molar-refractivity contribution in [3.8, 4) is 34.5 Å². The molecule has 1 heterocycles. The molecule has 3 aromatic carbocycles. The Morgan fingerprint density at radius 1 is 0.881 bits per heavy atom. The molecule has 0 unspecified atom stereocenters. The van der Waals surface area contributed by atoms with Crippen LogP contribution in [0.1, 0.15) is 27.9 Å². The van der Waals surface area contributed by atoms with Crippen molar-refractivity contribution in [1.82, 2.24) is 4.90 Å². The van der Waals surface area contributed by atoms with Crippen molar-refractivity contribution >= 4 is 22.8 Å². The number of carbonyl (C=O) groups excluding carboxylic acids is 1. The molecule has 0 amide bonds. The number of carbonyl (C=O) groups is 1. The van der Waals surface area contributed by atoms with Crippen LogP contribution in [0, 0.1) is 0 Å².